The Kier molecular flexibility index (Phi) is 5.19. The van der Waals surface area contributed by atoms with E-state index in [1.807, 2.05) is 43.3 Å². The maximum Gasteiger partial charge on any atom is 0.255 e. The van der Waals surface area contributed by atoms with Crippen molar-refractivity contribution in [2.24, 2.45) is 0 Å². The predicted molar refractivity (Wildman–Crippen MR) is 96.7 cm³/mol. The zero-order valence-electron chi connectivity index (χ0n) is 13.6. The number of aliphatic hydroxyl groups is 1. The van der Waals surface area contributed by atoms with E-state index < -0.39 is 0 Å². The summed E-state index contributed by atoms with van der Waals surface area (Å²) < 4.78 is 0. The number of carbonyl (C=O) groups is 1. The smallest absolute Gasteiger partial charge is 0.255 e. The second-order valence-corrected chi connectivity index (χ2v) is 6.69. The topological polar surface area (TPSA) is 52.6 Å². The fourth-order valence-electron chi connectivity index (χ4n) is 2.75. The Balaban J connectivity index is 1.62. The number of carbonyl (C=O) groups excluding carboxylic acids is 1. The van der Waals surface area contributed by atoms with Crippen LogP contribution in [0.15, 0.2) is 42.5 Å². The molecule has 0 bridgehead atoms. The molecule has 4 nitrogen and oxygen atoms in total. The molecule has 24 heavy (non-hydrogen) atoms. The molecule has 2 aromatic carbocycles. The number of halogens is 1. The van der Waals surface area contributed by atoms with Gasteiger partial charge in [-0.2, -0.15) is 0 Å². The molecule has 1 heterocycles. The fourth-order valence-corrected chi connectivity index (χ4v) is 2.93. The van der Waals surface area contributed by atoms with Crippen LogP contribution >= 0.6 is 11.6 Å². The third-order valence-corrected chi connectivity index (χ3v) is 4.68. The molecule has 0 unspecified atom stereocenters. The lowest BCUT2D eigenvalue weighted by atomic mass is 10.1. The Bertz CT molecular complexity index is 742. The van der Waals surface area contributed by atoms with Crippen molar-refractivity contribution in [3.63, 3.8) is 0 Å². The monoisotopic (exact) mass is 344 g/mol. The van der Waals surface area contributed by atoms with Crippen molar-refractivity contribution in [2.45, 2.75) is 19.4 Å². The van der Waals surface area contributed by atoms with Gasteiger partial charge in [0.1, 0.15) is 0 Å². The van der Waals surface area contributed by atoms with Gasteiger partial charge in [-0.25, -0.2) is 0 Å². The minimum atomic E-state index is -0.177. The van der Waals surface area contributed by atoms with Crippen LogP contribution in [0.1, 0.15) is 21.5 Å². The molecule has 5 heteroatoms. The lowest BCUT2D eigenvalue weighted by Crippen LogP contribution is -2.51. The van der Waals surface area contributed by atoms with Crippen LogP contribution in [0.5, 0.6) is 0 Å². The number of nitrogens with zero attached hydrogens (tertiary/aromatic N) is 1. The zero-order chi connectivity index (χ0) is 17.1. The van der Waals surface area contributed by atoms with Crippen molar-refractivity contribution in [1.29, 1.82) is 0 Å². The van der Waals surface area contributed by atoms with Crippen LogP contribution in [0.3, 0.4) is 0 Å². The van der Waals surface area contributed by atoms with E-state index in [2.05, 4.69) is 10.2 Å². The van der Waals surface area contributed by atoms with Gasteiger partial charge < -0.3 is 10.4 Å². The first kappa shape index (κ1) is 17.0. The van der Waals surface area contributed by atoms with E-state index >= 15 is 0 Å². The summed E-state index contributed by atoms with van der Waals surface area (Å²) >= 11 is 6.10. The molecule has 2 aromatic rings. The van der Waals surface area contributed by atoms with Crippen molar-refractivity contribution in [3.05, 3.63) is 64.2 Å². The molecule has 1 amide bonds. The van der Waals surface area contributed by atoms with Crippen molar-refractivity contribution >= 4 is 23.2 Å². The summed E-state index contributed by atoms with van der Waals surface area (Å²) in [5.74, 6) is -0.142. The summed E-state index contributed by atoms with van der Waals surface area (Å²) in [6.07, 6.45) is 0.688. The predicted octanol–water partition coefficient (Wildman–Crippen LogP) is 3.12. The number of hydrogen-bond donors (Lipinski definition) is 2. The number of hydrogen-bond acceptors (Lipinski definition) is 3. The summed E-state index contributed by atoms with van der Waals surface area (Å²) in [7, 11) is 0. The number of nitrogens with one attached hydrogen (secondary N) is 1. The minimum Gasteiger partial charge on any atom is -0.390 e. The van der Waals surface area contributed by atoms with Gasteiger partial charge in [-0.15, -0.1) is 0 Å². The van der Waals surface area contributed by atoms with Crippen LogP contribution in [0.25, 0.3) is 0 Å². The van der Waals surface area contributed by atoms with Gasteiger partial charge in [0.25, 0.3) is 5.91 Å². The Morgan fingerprint density at radius 2 is 2.08 bits per heavy atom. The Morgan fingerprint density at radius 3 is 2.79 bits per heavy atom. The third-order valence-electron chi connectivity index (χ3n) is 4.27. The molecule has 0 saturated carbocycles. The second-order valence-electron chi connectivity index (χ2n) is 6.28. The molecule has 1 aliphatic heterocycles. The molecule has 126 valence electrons. The molecule has 1 fully saturated rings. The summed E-state index contributed by atoms with van der Waals surface area (Å²) in [6.45, 7) is 4.31. The first-order valence-electron chi connectivity index (χ1n) is 8.08. The SMILES string of the molecule is Cc1ccc(NC(=O)c2cccc(CCN3CC(O)C3)c2)cc1Cl. The van der Waals surface area contributed by atoms with Crippen LogP contribution < -0.4 is 5.32 Å². The van der Waals surface area contributed by atoms with Gasteiger partial charge in [0.05, 0.1) is 6.10 Å². The Hall–Kier alpha value is -1.88. The fraction of sp³-hybridized carbons (Fsp3) is 0.316. The van der Waals surface area contributed by atoms with E-state index in [1.54, 1.807) is 6.07 Å². The van der Waals surface area contributed by atoms with Crippen LogP contribution in [-0.2, 0) is 6.42 Å². The van der Waals surface area contributed by atoms with E-state index in [0.29, 0.717) is 16.3 Å². The van der Waals surface area contributed by atoms with E-state index in [9.17, 15) is 9.90 Å². The molecule has 0 aromatic heterocycles. The minimum absolute atomic E-state index is 0.142. The van der Waals surface area contributed by atoms with Crippen molar-refractivity contribution in [2.75, 3.05) is 25.0 Å². The number of aliphatic hydroxyl groups excluding tert-OH is 1. The maximum atomic E-state index is 12.4. The summed E-state index contributed by atoms with van der Waals surface area (Å²) in [5, 5.41) is 12.8. The molecular weight excluding hydrogens is 324 g/mol. The highest BCUT2D eigenvalue weighted by atomic mass is 35.5. The lowest BCUT2D eigenvalue weighted by molar-refractivity contribution is 0.00310. The van der Waals surface area contributed by atoms with E-state index in [4.69, 9.17) is 11.6 Å². The zero-order valence-corrected chi connectivity index (χ0v) is 14.4. The maximum absolute atomic E-state index is 12.4. The van der Waals surface area contributed by atoms with E-state index in [-0.39, 0.29) is 12.0 Å². The van der Waals surface area contributed by atoms with Crippen LogP contribution in [0, 0.1) is 6.92 Å². The number of benzene rings is 2. The quantitative estimate of drug-likeness (QED) is 0.876. The average molecular weight is 345 g/mol. The van der Waals surface area contributed by atoms with Crippen molar-refractivity contribution < 1.29 is 9.90 Å². The summed E-state index contributed by atoms with van der Waals surface area (Å²) in [5.41, 5.74) is 3.42. The van der Waals surface area contributed by atoms with Gasteiger partial charge in [-0.1, -0.05) is 29.8 Å². The Morgan fingerprint density at radius 1 is 1.29 bits per heavy atom. The molecule has 1 aliphatic rings. The number of β-amino-alcohol motifs (C(OH)–C–C–N with tert-alkyl or cyclic N) is 1. The van der Waals surface area contributed by atoms with Crippen molar-refractivity contribution in [3.8, 4) is 0 Å². The van der Waals surface area contributed by atoms with Crippen LogP contribution in [-0.4, -0.2) is 41.7 Å². The average Bonchev–Trinajstić information content (AvgIpc) is 2.54. The van der Waals surface area contributed by atoms with Crippen LogP contribution in [0.2, 0.25) is 5.02 Å². The molecule has 0 spiro atoms. The first-order valence-corrected chi connectivity index (χ1v) is 8.46. The molecular formula is C19H21ClN2O2. The normalized spacial score (nSPS) is 15.1. The molecule has 0 atom stereocenters. The number of aryl methyl sites for hydroxylation is 1. The van der Waals surface area contributed by atoms with Gasteiger partial charge in [-0.3, -0.25) is 9.69 Å². The molecule has 1 saturated heterocycles. The molecule has 2 N–H and O–H groups in total. The third kappa shape index (κ3) is 4.15. The summed E-state index contributed by atoms with van der Waals surface area (Å²) in [4.78, 5) is 14.6. The van der Waals surface area contributed by atoms with Crippen LogP contribution in [0.4, 0.5) is 5.69 Å². The highest BCUT2D eigenvalue weighted by molar-refractivity contribution is 6.31. The van der Waals surface area contributed by atoms with E-state index in [0.717, 1.165) is 37.2 Å². The van der Waals surface area contributed by atoms with Gasteiger partial charge >= 0.3 is 0 Å². The number of amides is 1. The molecule has 3 rings (SSSR count). The standard InChI is InChI=1S/C19H21ClN2O2/c1-13-5-6-16(10-18(13)20)21-19(24)15-4-2-3-14(9-15)7-8-22-11-17(23)12-22/h2-6,9-10,17,23H,7-8,11-12H2,1H3,(H,21,24). The van der Waals surface area contributed by atoms with E-state index in [1.165, 1.54) is 0 Å². The highest BCUT2D eigenvalue weighted by Gasteiger charge is 2.23. The largest absolute Gasteiger partial charge is 0.390 e. The van der Waals surface area contributed by atoms with Gasteiger partial charge in [0.15, 0.2) is 0 Å². The number of likely N-dealkylation sites (tertiary alicyclic amines) is 1. The highest BCUT2D eigenvalue weighted by Crippen LogP contribution is 2.20. The summed E-state index contributed by atoms with van der Waals surface area (Å²) in [6, 6.07) is 13.1. The molecule has 0 radical (unpaired) electrons. The lowest BCUT2D eigenvalue weighted by Gasteiger charge is -2.35. The second kappa shape index (κ2) is 7.34. The van der Waals surface area contributed by atoms with Gasteiger partial charge in [0, 0.05) is 35.9 Å². The number of anilines is 1. The Labute approximate surface area is 147 Å². The van der Waals surface area contributed by atoms with Gasteiger partial charge in [0.2, 0.25) is 0 Å². The van der Waals surface area contributed by atoms with Gasteiger partial charge in [-0.05, 0) is 48.7 Å². The molecule has 0 aliphatic carbocycles. The van der Waals surface area contributed by atoms with Crippen molar-refractivity contribution in [1.82, 2.24) is 4.90 Å². The number of rotatable bonds is 5. The first-order chi connectivity index (χ1) is 11.5.